The number of hydrogen-bond acceptors (Lipinski definition) is 0. The SMILES string of the molecule is C.C.C.Cc1c2ccccc2cc2ccccc12. The highest BCUT2D eigenvalue weighted by molar-refractivity contribution is 6.01. The summed E-state index contributed by atoms with van der Waals surface area (Å²) in [5.74, 6) is 0. The highest BCUT2D eigenvalue weighted by Crippen LogP contribution is 2.27. The van der Waals surface area contributed by atoms with Crippen LogP contribution in [0.4, 0.5) is 0 Å². The molecule has 96 valence electrons. The van der Waals surface area contributed by atoms with Gasteiger partial charge in [0.05, 0.1) is 0 Å². The normalized spacial score (nSPS) is 9.17. The molecule has 0 fully saturated rings. The smallest absolute Gasteiger partial charge is 0.0148 e. The molecule has 0 aliphatic carbocycles. The minimum Gasteiger partial charge on any atom is -0.0776 e. The fraction of sp³-hybridized carbons (Fsp3) is 0.222. The van der Waals surface area contributed by atoms with Crippen LogP contribution in [0.15, 0.2) is 54.6 Å². The molecule has 0 amide bonds. The van der Waals surface area contributed by atoms with Gasteiger partial charge in [0, 0.05) is 0 Å². The second-order valence-corrected chi connectivity index (χ2v) is 3.94. The summed E-state index contributed by atoms with van der Waals surface area (Å²) in [5.41, 5.74) is 1.38. The van der Waals surface area contributed by atoms with E-state index in [1.165, 1.54) is 27.1 Å². The van der Waals surface area contributed by atoms with Gasteiger partial charge in [-0.1, -0.05) is 70.8 Å². The molecule has 0 bridgehead atoms. The lowest BCUT2D eigenvalue weighted by Crippen LogP contribution is -1.81. The lowest BCUT2D eigenvalue weighted by atomic mass is 9.98. The van der Waals surface area contributed by atoms with Crippen LogP contribution in [0.5, 0.6) is 0 Å². The highest BCUT2D eigenvalue weighted by Gasteiger charge is 2.01. The lowest BCUT2D eigenvalue weighted by Gasteiger charge is -2.06. The molecule has 0 saturated carbocycles. The third-order valence-corrected chi connectivity index (χ3v) is 3.04. The molecule has 3 aromatic carbocycles. The molecule has 0 heterocycles. The maximum absolute atomic E-state index is 2.26. The molecule has 0 aromatic heterocycles. The molecule has 18 heavy (non-hydrogen) atoms. The van der Waals surface area contributed by atoms with Gasteiger partial charge in [-0.3, -0.25) is 0 Å². The summed E-state index contributed by atoms with van der Waals surface area (Å²) in [6, 6.07) is 19.4. The standard InChI is InChI=1S/C15H12.3CH4/c1-11-14-8-4-2-6-12(14)10-13-7-3-5-9-15(11)13;;;/h2-10H,1H3;3*1H4. The molecule has 0 nitrogen and oxygen atoms in total. The van der Waals surface area contributed by atoms with Gasteiger partial charge in [-0.05, 0) is 40.1 Å². The molecule has 0 aliphatic rings. The lowest BCUT2D eigenvalue weighted by molar-refractivity contribution is 1.58. The number of fused-ring (bicyclic) bond motifs is 2. The third-order valence-electron chi connectivity index (χ3n) is 3.04. The first kappa shape index (κ1) is 16.2. The Labute approximate surface area is 111 Å². The van der Waals surface area contributed by atoms with Crippen LogP contribution in [-0.4, -0.2) is 0 Å². The van der Waals surface area contributed by atoms with Gasteiger partial charge in [0.15, 0.2) is 0 Å². The first-order valence-corrected chi connectivity index (χ1v) is 5.23. The molecule has 0 aliphatic heterocycles. The van der Waals surface area contributed by atoms with Crippen LogP contribution in [0.3, 0.4) is 0 Å². The van der Waals surface area contributed by atoms with E-state index in [2.05, 4.69) is 61.5 Å². The van der Waals surface area contributed by atoms with Crippen LogP contribution < -0.4 is 0 Å². The van der Waals surface area contributed by atoms with Crippen molar-refractivity contribution in [2.75, 3.05) is 0 Å². The Morgan fingerprint density at radius 1 is 0.611 bits per heavy atom. The zero-order valence-corrected chi connectivity index (χ0v) is 8.70. The summed E-state index contributed by atoms with van der Waals surface area (Å²) in [6.07, 6.45) is 0. The van der Waals surface area contributed by atoms with E-state index < -0.39 is 0 Å². The molecule has 0 radical (unpaired) electrons. The first-order chi connectivity index (χ1) is 7.36. The first-order valence-electron chi connectivity index (χ1n) is 5.23. The van der Waals surface area contributed by atoms with Gasteiger partial charge in [0.1, 0.15) is 0 Å². The van der Waals surface area contributed by atoms with Crippen LogP contribution in [0.2, 0.25) is 0 Å². The van der Waals surface area contributed by atoms with E-state index >= 15 is 0 Å². The summed E-state index contributed by atoms with van der Waals surface area (Å²) < 4.78 is 0. The average molecular weight is 240 g/mol. The molecule has 0 spiro atoms. The number of benzene rings is 3. The van der Waals surface area contributed by atoms with Crippen molar-refractivity contribution in [1.29, 1.82) is 0 Å². The van der Waals surface area contributed by atoms with Crippen LogP contribution >= 0.6 is 0 Å². The summed E-state index contributed by atoms with van der Waals surface area (Å²) >= 11 is 0. The van der Waals surface area contributed by atoms with Crippen LogP contribution in [0.25, 0.3) is 21.5 Å². The minimum atomic E-state index is 0. The van der Waals surface area contributed by atoms with Gasteiger partial charge in [0.2, 0.25) is 0 Å². The van der Waals surface area contributed by atoms with Gasteiger partial charge in [-0.25, -0.2) is 0 Å². The summed E-state index contributed by atoms with van der Waals surface area (Å²) in [7, 11) is 0. The summed E-state index contributed by atoms with van der Waals surface area (Å²) in [6.45, 7) is 2.20. The van der Waals surface area contributed by atoms with Gasteiger partial charge >= 0.3 is 0 Å². The fourth-order valence-electron chi connectivity index (χ4n) is 2.24. The zero-order valence-electron chi connectivity index (χ0n) is 8.70. The Bertz CT molecular complexity index is 582. The van der Waals surface area contributed by atoms with Crippen LogP contribution in [-0.2, 0) is 0 Å². The van der Waals surface area contributed by atoms with Crippen molar-refractivity contribution in [2.45, 2.75) is 29.2 Å². The van der Waals surface area contributed by atoms with Gasteiger partial charge in [0.25, 0.3) is 0 Å². The molecule has 0 saturated heterocycles. The summed E-state index contributed by atoms with van der Waals surface area (Å²) in [5, 5.41) is 5.37. The Morgan fingerprint density at radius 3 is 1.44 bits per heavy atom. The minimum absolute atomic E-state index is 0. The van der Waals surface area contributed by atoms with Crippen molar-refractivity contribution in [2.24, 2.45) is 0 Å². The topological polar surface area (TPSA) is 0 Å². The Balaban J connectivity index is 0.000000963. The summed E-state index contributed by atoms with van der Waals surface area (Å²) in [4.78, 5) is 0. The molecular formula is C18H24. The van der Waals surface area contributed by atoms with Crippen molar-refractivity contribution in [3.8, 4) is 0 Å². The van der Waals surface area contributed by atoms with Crippen molar-refractivity contribution in [3.05, 3.63) is 60.2 Å². The van der Waals surface area contributed by atoms with E-state index in [0.29, 0.717) is 0 Å². The molecule has 3 rings (SSSR count). The molecular weight excluding hydrogens is 216 g/mol. The maximum atomic E-state index is 2.26. The number of rotatable bonds is 0. The van der Waals surface area contributed by atoms with Crippen LogP contribution in [0, 0.1) is 6.92 Å². The van der Waals surface area contributed by atoms with E-state index in [9.17, 15) is 0 Å². The Hall–Kier alpha value is -1.82. The molecule has 0 unspecified atom stereocenters. The quantitative estimate of drug-likeness (QED) is 0.410. The maximum Gasteiger partial charge on any atom is -0.0148 e. The number of hydrogen-bond donors (Lipinski definition) is 0. The predicted molar refractivity (Wildman–Crippen MR) is 86.4 cm³/mol. The predicted octanol–water partition coefficient (Wildman–Crippen LogP) is 6.21. The zero-order chi connectivity index (χ0) is 10.3. The monoisotopic (exact) mass is 240 g/mol. The van der Waals surface area contributed by atoms with E-state index in [0.717, 1.165) is 0 Å². The van der Waals surface area contributed by atoms with Gasteiger partial charge in [-0.2, -0.15) is 0 Å². The largest absolute Gasteiger partial charge is 0.0776 e. The van der Waals surface area contributed by atoms with E-state index in [-0.39, 0.29) is 22.3 Å². The van der Waals surface area contributed by atoms with E-state index in [4.69, 9.17) is 0 Å². The van der Waals surface area contributed by atoms with E-state index in [1.807, 2.05) is 0 Å². The highest BCUT2D eigenvalue weighted by atomic mass is 14.1. The van der Waals surface area contributed by atoms with Gasteiger partial charge in [-0.15, -0.1) is 0 Å². The molecule has 0 N–H and O–H groups in total. The van der Waals surface area contributed by atoms with Crippen molar-refractivity contribution in [3.63, 3.8) is 0 Å². The molecule has 3 aromatic rings. The van der Waals surface area contributed by atoms with Crippen molar-refractivity contribution < 1.29 is 0 Å². The molecule has 0 heteroatoms. The van der Waals surface area contributed by atoms with Crippen molar-refractivity contribution >= 4 is 21.5 Å². The fourth-order valence-corrected chi connectivity index (χ4v) is 2.24. The third kappa shape index (κ3) is 2.38. The van der Waals surface area contributed by atoms with Gasteiger partial charge < -0.3 is 0 Å². The van der Waals surface area contributed by atoms with Crippen molar-refractivity contribution in [1.82, 2.24) is 0 Å². The average Bonchev–Trinajstić information content (AvgIpc) is 2.30. The second kappa shape index (κ2) is 6.20. The van der Waals surface area contributed by atoms with Crippen LogP contribution in [0.1, 0.15) is 27.8 Å². The Morgan fingerprint density at radius 2 is 1.00 bits per heavy atom. The Kier molecular flexibility index (Phi) is 5.58. The molecule has 0 atom stereocenters. The number of aryl methyl sites for hydroxylation is 1. The second-order valence-electron chi connectivity index (χ2n) is 3.94. The van der Waals surface area contributed by atoms with E-state index in [1.54, 1.807) is 0 Å².